The van der Waals surface area contributed by atoms with Gasteiger partial charge in [0.25, 0.3) is 0 Å². The van der Waals surface area contributed by atoms with Gasteiger partial charge in [0.15, 0.2) is 0 Å². The number of carbonyl (C=O) groups excluding carboxylic acids is 1. The highest BCUT2D eigenvalue weighted by atomic mass is 32.1. The SMILES string of the molecule is Cc1ccsc1C(=O)c1ccc2c3c(cccc13)CC2. The van der Waals surface area contributed by atoms with E-state index >= 15 is 0 Å². The Kier molecular flexibility index (Phi) is 2.54. The van der Waals surface area contributed by atoms with Crippen LogP contribution in [-0.4, -0.2) is 5.78 Å². The third-order valence-electron chi connectivity index (χ3n) is 4.19. The number of hydrogen-bond donors (Lipinski definition) is 0. The van der Waals surface area contributed by atoms with E-state index in [0.29, 0.717) is 0 Å². The summed E-state index contributed by atoms with van der Waals surface area (Å²) >= 11 is 1.54. The van der Waals surface area contributed by atoms with E-state index in [-0.39, 0.29) is 5.78 Å². The number of rotatable bonds is 2. The Balaban J connectivity index is 1.98. The van der Waals surface area contributed by atoms with Gasteiger partial charge in [-0.15, -0.1) is 11.3 Å². The van der Waals surface area contributed by atoms with Crippen molar-refractivity contribution in [1.82, 2.24) is 0 Å². The number of benzene rings is 2. The van der Waals surface area contributed by atoms with E-state index in [1.54, 1.807) is 0 Å². The van der Waals surface area contributed by atoms with Crippen molar-refractivity contribution < 1.29 is 4.79 Å². The molecule has 2 aromatic carbocycles. The van der Waals surface area contributed by atoms with Crippen LogP contribution in [0.2, 0.25) is 0 Å². The maximum absolute atomic E-state index is 12.8. The summed E-state index contributed by atoms with van der Waals surface area (Å²) in [5, 5.41) is 4.42. The second-order valence-corrected chi connectivity index (χ2v) is 6.29. The van der Waals surface area contributed by atoms with Crippen molar-refractivity contribution in [3.8, 4) is 0 Å². The molecule has 3 aromatic rings. The third kappa shape index (κ3) is 1.58. The van der Waals surface area contributed by atoms with Crippen LogP contribution in [0.25, 0.3) is 10.8 Å². The van der Waals surface area contributed by atoms with Crippen LogP contribution in [0.1, 0.15) is 31.9 Å². The molecule has 0 amide bonds. The highest BCUT2D eigenvalue weighted by Crippen LogP contribution is 2.34. The highest BCUT2D eigenvalue weighted by molar-refractivity contribution is 7.12. The fourth-order valence-electron chi connectivity index (χ4n) is 3.17. The Labute approximate surface area is 121 Å². The Morgan fingerprint density at radius 3 is 2.60 bits per heavy atom. The van der Waals surface area contributed by atoms with Gasteiger partial charge in [0, 0.05) is 5.56 Å². The Hall–Kier alpha value is -1.93. The van der Waals surface area contributed by atoms with Gasteiger partial charge in [-0.3, -0.25) is 4.79 Å². The first-order valence-corrected chi connectivity index (χ1v) is 7.76. The van der Waals surface area contributed by atoms with Crippen LogP contribution in [0, 0.1) is 6.92 Å². The van der Waals surface area contributed by atoms with Crippen molar-refractivity contribution in [1.29, 1.82) is 0 Å². The molecule has 0 N–H and O–H groups in total. The predicted octanol–water partition coefficient (Wildman–Crippen LogP) is 4.54. The summed E-state index contributed by atoms with van der Waals surface area (Å²) in [5.41, 5.74) is 4.69. The van der Waals surface area contributed by atoms with E-state index in [2.05, 4.69) is 24.3 Å². The second kappa shape index (κ2) is 4.29. The maximum atomic E-state index is 12.8. The summed E-state index contributed by atoms with van der Waals surface area (Å²) in [4.78, 5) is 13.7. The van der Waals surface area contributed by atoms with Gasteiger partial charge in [0.05, 0.1) is 4.88 Å². The van der Waals surface area contributed by atoms with Gasteiger partial charge in [-0.1, -0.05) is 30.3 Å². The summed E-state index contributed by atoms with van der Waals surface area (Å²) in [6.45, 7) is 2.00. The van der Waals surface area contributed by atoms with E-state index in [4.69, 9.17) is 0 Å². The van der Waals surface area contributed by atoms with Gasteiger partial charge < -0.3 is 0 Å². The Morgan fingerprint density at radius 2 is 1.85 bits per heavy atom. The molecule has 1 heterocycles. The number of aryl methyl sites for hydroxylation is 3. The van der Waals surface area contributed by atoms with Crippen molar-refractivity contribution in [3.63, 3.8) is 0 Å². The largest absolute Gasteiger partial charge is 0.288 e. The topological polar surface area (TPSA) is 17.1 Å². The van der Waals surface area contributed by atoms with Gasteiger partial charge in [-0.2, -0.15) is 0 Å². The van der Waals surface area contributed by atoms with Crippen molar-refractivity contribution in [3.05, 3.63) is 68.9 Å². The molecule has 0 radical (unpaired) electrons. The minimum Gasteiger partial charge on any atom is -0.288 e. The lowest BCUT2D eigenvalue weighted by Crippen LogP contribution is -2.02. The molecule has 98 valence electrons. The lowest BCUT2D eigenvalue weighted by atomic mass is 9.96. The number of carbonyl (C=O) groups is 1. The van der Waals surface area contributed by atoms with Gasteiger partial charge in [-0.25, -0.2) is 0 Å². The molecule has 0 spiro atoms. The normalized spacial score (nSPS) is 13.1. The van der Waals surface area contributed by atoms with Crippen LogP contribution >= 0.6 is 11.3 Å². The molecule has 4 rings (SSSR count). The zero-order valence-corrected chi connectivity index (χ0v) is 12.1. The van der Waals surface area contributed by atoms with E-state index in [0.717, 1.165) is 34.2 Å². The first kappa shape index (κ1) is 11.9. The van der Waals surface area contributed by atoms with Gasteiger partial charge >= 0.3 is 0 Å². The monoisotopic (exact) mass is 278 g/mol. The van der Waals surface area contributed by atoms with Crippen molar-refractivity contribution >= 4 is 27.9 Å². The van der Waals surface area contributed by atoms with Crippen molar-refractivity contribution in [2.75, 3.05) is 0 Å². The molecule has 1 nitrogen and oxygen atoms in total. The third-order valence-corrected chi connectivity index (χ3v) is 5.21. The lowest BCUT2D eigenvalue weighted by Gasteiger charge is -2.08. The molecule has 0 atom stereocenters. The minimum atomic E-state index is 0.160. The molecule has 0 saturated carbocycles. The first-order chi connectivity index (χ1) is 9.75. The first-order valence-electron chi connectivity index (χ1n) is 6.88. The minimum absolute atomic E-state index is 0.160. The molecule has 0 fully saturated rings. The van der Waals surface area contributed by atoms with Crippen LogP contribution in [0.5, 0.6) is 0 Å². The van der Waals surface area contributed by atoms with E-state index in [1.807, 2.05) is 24.4 Å². The van der Waals surface area contributed by atoms with E-state index in [1.165, 1.54) is 27.8 Å². The molecular weight excluding hydrogens is 264 g/mol. The Morgan fingerprint density at radius 1 is 1.05 bits per heavy atom. The molecule has 0 bridgehead atoms. The fourth-order valence-corrected chi connectivity index (χ4v) is 4.05. The van der Waals surface area contributed by atoms with Gasteiger partial charge in [0.2, 0.25) is 5.78 Å². The molecule has 1 aliphatic rings. The number of thiophene rings is 1. The summed E-state index contributed by atoms with van der Waals surface area (Å²) < 4.78 is 0. The molecule has 2 heteroatoms. The summed E-state index contributed by atoms with van der Waals surface area (Å²) in [7, 11) is 0. The summed E-state index contributed by atoms with van der Waals surface area (Å²) in [6.07, 6.45) is 2.20. The molecular formula is C18H14OS. The van der Waals surface area contributed by atoms with Crippen LogP contribution in [-0.2, 0) is 12.8 Å². The average molecular weight is 278 g/mol. The molecule has 0 saturated heterocycles. The molecule has 20 heavy (non-hydrogen) atoms. The van der Waals surface area contributed by atoms with Crippen LogP contribution in [0.3, 0.4) is 0 Å². The Bertz CT molecular complexity index is 831. The van der Waals surface area contributed by atoms with Crippen LogP contribution in [0.15, 0.2) is 41.8 Å². The van der Waals surface area contributed by atoms with Crippen molar-refractivity contribution in [2.24, 2.45) is 0 Å². The number of ketones is 1. The standard InChI is InChI=1S/C18H14OS/c1-11-9-10-20-18(11)17(19)15-8-7-13-6-5-12-3-2-4-14(15)16(12)13/h2-4,7-10H,5-6H2,1H3. The summed E-state index contributed by atoms with van der Waals surface area (Å²) in [5.74, 6) is 0.160. The quantitative estimate of drug-likeness (QED) is 0.629. The molecule has 1 aliphatic carbocycles. The van der Waals surface area contributed by atoms with Crippen molar-refractivity contribution in [2.45, 2.75) is 19.8 Å². The van der Waals surface area contributed by atoms with Crippen LogP contribution < -0.4 is 0 Å². The van der Waals surface area contributed by atoms with Gasteiger partial charge in [0.1, 0.15) is 0 Å². The molecule has 0 aliphatic heterocycles. The van der Waals surface area contributed by atoms with Crippen LogP contribution in [0.4, 0.5) is 0 Å². The summed E-state index contributed by atoms with van der Waals surface area (Å²) in [6, 6.07) is 12.5. The lowest BCUT2D eigenvalue weighted by molar-refractivity contribution is 0.104. The fraction of sp³-hybridized carbons (Fsp3) is 0.167. The second-order valence-electron chi connectivity index (χ2n) is 5.37. The maximum Gasteiger partial charge on any atom is 0.203 e. The molecule has 1 aromatic heterocycles. The molecule has 0 unspecified atom stereocenters. The highest BCUT2D eigenvalue weighted by Gasteiger charge is 2.20. The zero-order chi connectivity index (χ0) is 13.7. The average Bonchev–Trinajstić information content (AvgIpc) is 3.07. The van der Waals surface area contributed by atoms with E-state index in [9.17, 15) is 4.79 Å². The zero-order valence-electron chi connectivity index (χ0n) is 11.3. The van der Waals surface area contributed by atoms with E-state index < -0.39 is 0 Å². The number of hydrogen-bond acceptors (Lipinski definition) is 2. The predicted molar refractivity (Wildman–Crippen MR) is 83.8 cm³/mol. The smallest absolute Gasteiger partial charge is 0.203 e. The van der Waals surface area contributed by atoms with Gasteiger partial charge in [-0.05, 0) is 58.7 Å².